The van der Waals surface area contributed by atoms with Gasteiger partial charge in [0, 0.05) is 23.0 Å². The highest BCUT2D eigenvalue weighted by Gasteiger charge is 2.31. The van der Waals surface area contributed by atoms with Crippen LogP contribution < -0.4 is 4.74 Å². The average Bonchev–Trinajstić information content (AvgIpc) is 3.17. The summed E-state index contributed by atoms with van der Waals surface area (Å²) >= 11 is 0. The van der Waals surface area contributed by atoms with Crippen molar-refractivity contribution < 1.29 is 17.9 Å². The van der Waals surface area contributed by atoms with Crippen LogP contribution in [0.1, 0.15) is 40.0 Å². The second-order valence-corrected chi connectivity index (χ2v) is 9.75. The summed E-state index contributed by atoms with van der Waals surface area (Å²) in [4.78, 5) is 21.6. The highest BCUT2D eigenvalue weighted by molar-refractivity contribution is 7.91. The third kappa shape index (κ3) is 3.76. The van der Waals surface area contributed by atoms with E-state index in [0.717, 1.165) is 22.3 Å². The molecule has 2 aromatic heterocycles. The first kappa shape index (κ1) is 19.6. The van der Waals surface area contributed by atoms with Crippen molar-refractivity contribution in [3.63, 3.8) is 0 Å². The van der Waals surface area contributed by atoms with Crippen LogP contribution in [0.4, 0.5) is 0 Å². The fourth-order valence-corrected chi connectivity index (χ4v) is 5.78. The van der Waals surface area contributed by atoms with Crippen molar-refractivity contribution >= 4 is 26.5 Å². The molecule has 1 aliphatic rings. The van der Waals surface area contributed by atoms with Gasteiger partial charge in [0.1, 0.15) is 5.82 Å². The van der Waals surface area contributed by atoms with Gasteiger partial charge in [0.25, 0.3) is 0 Å². The summed E-state index contributed by atoms with van der Waals surface area (Å²) < 4.78 is 31.5. The standard InChI is InChI=1S/C21H23N3O4S/c1-13-10-18(14(2)24(13)16-8-9-29(26,27)12-16)20(25)11-28-21-17-6-4-5-7-19(17)22-15(3)23-21/h4-7,10,16H,8-9,11-12H2,1-3H3/t16-/m1/s1. The molecule has 4 rings (SSSR count). The van der Waals surface area contributed by atoms with Crippen LogP contribution in [0.15, 0.2) is 30.3 Å². The molecule has 1 aliphatic heterocycles. The maximum absolute atomic E-state index is 12.9. The Hall–Kier alpha value is -2.74. The summed E-state index contributed by atoms with van der Waals surface area (Å²) in [7, 11) is -3.00. The summed E-state index contributed by atoms with van der Waals surface area (Å²) in [5.74, 6) is 1.12. The van der Waals surface area contributed by atoms with Gasteiger partial charge in [-0.05, 0) is 45.4 Å². The number of sulfone groups is 1. The fraction of sp³-hybridized carbons (Fsp3) is 0.381. The Morgan fingerprint density at radius 2 is 1.97 bits per heavy atom. The molecule has 0 bridgehead atoms. The summed E-state index contributed by atoms with van der Waals surface area (Å²) in [6.07, 6.45) is 0.578. The van der Waals surface area contributed by atoms with E-state index in [1.54, 1.807) is 6.92 Å². The number of ether oxygens (including phenoxy) is 1. The molecule has 1 aromatic carbocycles. The molecule has 0 saturated carbocycles. The number of benzene rings is 1. The molecule has 0 aliphatic carbocycles. The Labute approximate surface area is 169 Å². The molecule has 29 heavy (non-hydrogen) atoms. The minimum absolute atomic E-state index is 0.115. The molecule has 0 amide bonds. The minimum Gasteiger partial charge on any atom is -0.469 e. The Kier molecular flexibility index (Phi) is 4.90. The molecule has 8 heteroatoms. The number of hydrogen-bond acceptors (Lipinski definition) is 6. The maximum Gasteiger partial charge on any atom is 0.225 e. The molecule has 152 valence electrons. The SMILES string of the molecule is Cc1nc(OCC(=O)c2cc(C)n([C@@H]3CCS(=O)(=O)C3)c2C)c2ccccc2n1. The largest absolute Gasteiger partial charge is 0.469 e. The second kappa shape index (κ2) is 7.26. The van der Waals surface area contributed by atoms with E-state index in [9.17, 15) is 13.2 Å². The van der Waals surface area contributed by atoms with Gasteiger partial charge < -0.3 is 9.30 Å². The third-order valence-electron chi connectivity index (χ3n) is 5.38. The number of ketones is 1. The van der Waals surface area contributed by atoms with Crippen molar-refractivity contribution in [1.29, 1.82) is 0 Å². The van der Waals surface area contributed by atoms with Crippen molar-refractivity contribution in [2.45, 2.75) is 33.2 Å². The van der Waals surface area contributed by atoms with Crippen LogP contribution in [-0.4, -0.2) is 46.8 Å². The molecule has 1 atom stereocenters. The fourth-order valence-electron chi connectivity index (χ4n) is 4.08. The number of nitrogens with zero attached hydrogens (tertiary/aromatic N) is 3. The van der Waals surface area contributed by atoms with Gasteiger partial charge in [-0.3, -0.25) is 4.79 Å². The molecule has 7 nitrogen and oxygen atoms in total. The molecule has 3 aromatic rings. The van der Waals surface area contributed by atoms with Gasteiger partial charge in [-0.25, -0.2) is 13.4 Å². The first-order chi connectivity index (χ1) is 13.7. The van der Waals surface area contributed by atoms with Gasteiger partial charge in [0.15, 0.2) is 16.4 Å². The van der Waals surface area contributed by atoms with E-state index < -0.39 is 9.84 Å². The third-order valence-corrected chi connectivity index (χ3v) is 7.13. The second-order valence-electron chi connectivity index (χ2n) is 7.52. The molecule has 3 heterocycles. The zero-order chi connectivity index (χ0) is 20.8. The number of rotatable bonds is 5. The van der Waals surface area contributed by atoms with E-state index in [4.69, 9.17) is 4.74 Å². The van der Waals surface area contributed by atoms with Gasteiger partial charge in [-0.1, -0.05) is 12.1 Å². The van der Waals surface area contributed by atoms with E-state index in [1.165, 1.54) is 0 Å². The molecule has 1 fully saturated rings. The predicted molar refractivity (Wildman–Crippen MR) is 110 cm³/mol. The topological polar surface area (TPSA) is 91.1 Å². The molecule has 0 N–H and O–H groups in total. The molecular formula is C21H23N3O4S. The Morgan fingerprint density at radius 1 is 1.21 bits per heavy atom. The molecule has 0 radical (unpaired) electrons. The predicted octanol–water partition coefficient (Wildman–Crippen LogP) is 2.98. The zero-order valence-corrected chi connectivity index (χ0v) is 17.5. The molecule has 1 saturated heterocycles. The van der Waals surface area contributed by atoms with Gasteiger partial charge in [-0.15, -0.1) is 0 Å². The first-order valence-electron chi connectivity index (χ1n) is 9.53. The number of fused-ring (bicyclic) bond motifs is 1. The lowest BCUT2D eigenvalue weighted by Gasteiger charge is -2.16. The lowest BCUT2D eigenvalue weighted by atomic mass is 10.1. The van der Waals surface area contributed by atoms with Gasteiger partial charge in [-0.2, -0.15) is 4.98 Å². The number of carbonyl (C=O) groups excluding carboxylic acids is 1. The van der Waals surface area contributed by atoms with Gasteiger partial charge in [0.2, 0.25) is 11.7 Å². The Bertz CT molecular complexity index is 1210. The van der Waals surface area contributed by atoms with E-state index in [0.29, 0.717) is 23.7 Å². The maximum atomic E-state index is 12.9. The van der Waals surface area contributed by atoms with Crippen LogP contribution in [0, 0.1) is 20.8 Å². The molecule has 0 spiro atoms. The van der Waals surface area contributed by atoms with Crippen LogP contribution in [0.25, 0.3) is 10.9 Å². The van der Waals surface area contributed by atoms with Crippen LogP contribution in [0.2, 0.25) is 0 Å². The smallest absolute Gasteiger partial charge is 0.225 e. The van der Waals surface area contributed by atoms with E-state index in [2.05, 4.69) is 9.97 Å². The van der Waals surface area contributed by atoms with Crippen LogP contribution in [0.5, 0.6) is 5.88 Å². The van der Waals surface area contributed by atoms with Gasteiger partial charge in [0.05, 0.1) is 22.4 Å². The summed E-state index contributed by atoms with van der Waals surface area (Å²) in [5, 5.41) is 0.757. The summed E-state index contributed by atoms with van der Waals surface area (Å²) in [5.41, 5.74) is 2.99. The minimum atomic E-state index is -3.00. The van der Waals surface area contributed by atoms with Crippen LogP contribution in [-0.2, 0) is 9.84 Å². The number of carbonyl (C=O) groups is 1. The zero-order valence-electron chi connectivity index (χ0n) is 16.7. The number of para-hydroxylation sites is 1. The number of aromatic nitrogens is 3. The Balaban J connectivity index is 1.57. The van der Waals surface area contributed by atoms with Crippen LogP contribution in [0.3, 0.4) is 0 Å². The summed E-state index contributed by atoms with van der Waals surface area (Å²) in [6.45, 7) is 5.39. The van der Waals surface area contributed by atoms with Crippen molar-refractivity contribution in [3.8, 4) is 5.88 Å². The summed E-state index contributed by atoms with van der Waals surface area (Å²) in [6, 6.07) is 9.20. The lowest BCUT2D eigenvalue weighted by molar-refractivity contribution is 0.0918. The van der Waals surface area contributed by atoms with E-state index in [-0.39, 0.29) is 29.9 Å². The van der Waals surface area contributed by atoms with Crippen molar-refractivity contribution in [1.82, 2.24) is 14.5 Å². The number of Topliss-reactive ketones (excluding diaryl/α,β-unsaturated/α-hetero) is 1. The van der Waals surface area contributed by atoms with E-state index >= 15 is 0 Å². The lowest BCUT2D eigenvalue weighted by Crippen LogP contribution is -2.16. The highest BCUT2D eigenvalue weighted by Crippen LogP contribution is 2.29. The molecular weight excluding hydrogens is 390 g/mol. The average molecular weight is 413 g/mol. The monoisotopic (exact) mass is 413 g/mol. The van der Waals surface area contributed by atoms with Gasteiger partial charge >= 0.3 is 0 Å². The van der Waals surface area contributed by atoms with Crippen LogP contribution >= 0.6 is 0 Å². The van der Waals surface area contributed by atoms with Crippen molar-refractivity contribution in [2.24, 2.45) is 0 Å². The van der Waals surface area contributed by atoms with E-state index in [1.807, 2.05) is 48.7 Å². The first-order valence-corrected chi connectivity index (χ1v) is 11.4. The van der Waals surface area contributed by atoms with Crippen molar-refractivity contribution in [2.75, 3.05) is 18.1 Å². The molecule has 0 unspecified atom stereocenters. The highest BCUT2D eigenvalue weighted by atomic mass is 32.2. The normalized spacial score (nSPS) is 18.2. The number of aryl methyl sites for hydroxylation is 2. The van der Waals surface area contributed by atoms with Crippen molar-refractivity contribution in [3.05, 3.63) is 53.1 Å². The quantitative estimate of drug-likeness (QED) is 0.597. The Morgan fingerprint density at radius 3 is 2.69 bits per heavy atom. The number of hydrogen-bond donors (Lipinski definition) is 0.